The molecule has 4 heteroatoms. The van der Waals surface area contributed by atoms with Gasteiger partial charge in [-0.15, -0.1) is 0 Å². The van der Waals surface area contributed by atoms with Gasteiger partial charge in [0.1, 0.15) is 12.4 Å². The largest absolute Gasteiger partial charge is 0.491 e. The van der Waals surface area contributed by atoms with Crippen molar-refractivity contribution in [1.29, 1.82) is 0 Å². The normalized spacial score (nSPS) is 43.6. The molecule has 1 heterocycles. The van der Waals surface area contributed by atoms with Gasteiger partial charge in [-0.3, -0.25) is 0 Å². The van der Waals surface area contributed by atoms with Gasteiger partial charge < -0.3 is 9.47 Å². The zero-order valence-electron chi connectivity index (χ0n) is 13.4. The molecule has 4 aliphatic carbocycles. The molecule has 124 valence electrons. The standard InChI is InChI=1S/C19H24O4/c1-2-4-17(5-3-1)20-6-7-21-18-19(23-22-18)15-9-13-8-14(11-15)12-16(19)10-13/h1-5,13-16,18H,6-12H2. The highest BCUT2D eigenvalue weighted by Crippen LogP contribution is 2.63. The molecule has 4 saturated carbocycles. The van der Waals surface area contributed by atoms with Crippen molar-refractivity contribution in [2.45, 2.75) is 44.0 Å². The van der Waals surface area contributed by atoms with Crippen LogP contribution in [0.4, 0.5) is 0 Å². The Labute approximate surface area is 137 Å². The van der Waals surface area contributed by atoms with Crippen molar-refractivity contribution in [3.8, 4) is 5.75 Å². The van der Waals surface area contributed by atoms with E-state index in [9.17, 15) is 0 Å². The van der Waals surface area contributed by atoms with Crippen molar-refractivity contribution in [3.05, 3.63) is 30.3 Å². The van der Waals surface area contributed by atoms with Crippen molar-refractivity contribution >= 4 is 0 Å². The molecule has 6 rings (SSSR count). The summed E-state index contributed by atoms with van der Waals surface area (Å²) in [7, 11) is 0. The van der Waals surface area contributed by atoms with E-state index in [1.54, 1.807) is 0 Å². The second-order valence-corrected chi connectivity index (χ2v) is 7.70. The summed E-state index contributed by atoms with van der Waals surface area (Å²) in [4.78, 5) is 11.1. The van der Waals surface area contributed by atoms with E-state index in [1.807, 2.05) is 30.3 Å². The van der Waals surface area contributed by atoms with E-state index in [-0.39, 0.29) is 11.9 Å². The highest BCUT2D eigenvalue weighted by molar-refractivity contribution is 5.20. The second kappa shape index (κ2) is 5.47. The Bertz CT molecular complexity index is 530. The molecule has 5 fully saturated rings. The van der Waals surface area contributed by atoms with Crippen LogP contribution in [0.1, 0.15) is 32.1 Å². The highest BCUT2D eigenvalue weighted by atomic mass is 17.3. The first-order chi connectivity index (χ1) is 11.3. The van der Waals surface area contributed by atoms with Crippen molar-refractivity contribution in [3.63, 3.8) is 0 Å². The predicted octanol–water partition coefficient (Wildman–Crippen LogP) is 3.56. The minimum atomic E-state index is -0.197. The summed E-state index contributed by atoms with van der Waals surface area (Å²) in [6.45, 7) is 1.08. The van der Waals surface area contributed by atoms with E-state index in [0.717, 1.165) is 17.6 Å². The monoisotopic (exact) mass is 316 g/mol. The Balaban J connectivity index is 1.18. The molecule has 0 radical (unpaired) electrons. The maximum absolute atomic E-state index is 6.01. The molecular weight excluding hydrogens is 292 g/mol. The Kier molecular flexibility index (Phi) is 3.39. The Morgan fingerprint density at radius 3 is 2.22 bits per heavy atom. The summed E-state index contributed by atoms with van der Waals surface area (Å²) in [6.07, 6.45) is 6.46. The van der Waals surface area contributed by atoms with Gasteiger partial charge in [0.25, 0.3) is 0 Å². The molecule has 4 bridgehead atoms. The number of ether oxygens (including phenoxy) is 2. The third-order valence-corrected chi connectivity index (χ3v) is 6.43. The van der Waals surface area contributed by atoms with Gasteiger partial charge in [-0.2, -0.15) is 0 Å². The average Bonchev–Trinajstić information content (AvgIpc) is 2.54. The molecular formula is C19H24O4. The fraction of sp³-hybridized carbons (Fsp3) is 0.684. The van der Waals surface area contributed by atoms with Gasteiger partial charge >= 0.3 is 0 Å². The molecule has 1 aromatic carbocycles. The van der Waals surface area contributed by atoms with Crippen LogP contribution in [-0.2, 0) is 14.5 Å². The van der Waals surface area contributed by atoms with Gasteiger partial charge in [-0.1, -0.05) is 18.2 Å². The molecule has 0 amide bonds. The third-order valence-electron chi connectivity index (χ3n) is 6.43. The quantitative estimate of drug-likeness (QED) is 0.615. The van der Waals surface area contributed by atoms with Crippen LogP contribution in [0.3, 0.4) is 0 Å². The molecule has 1 atom stereocenters. The zero-order valence-corrected chi connectivity index (χ0v) is 13.4. The van der Waals surface area contributed by atoms with E-state index in [0.29, 0.717) is 25.0 Å². The number of benzene rings is 1. The van der Waals surface area contributed by atoms with Gasteiger partial charge in [0.15, 0.2) is 5.60 Å². The molecule has 4 nitrogen and oxygen atoms in total. The summed E-state index contributed by atoms with van der Waals surface area (Å²) < 4.78 is 11.7. The van der Waals surface area contributed by atoms with Gasteiger partial charge in [0.2, 0.25) is 6.29 Å². The van der Waals surface area contributed by atoms with Gasteiger partial charge in [-0.25, -0.2) is 9.78 Å². The zero-order chi connectivity index (χ0) is 15.3. The molecule has 1 aliphatic heterocycles. The smallest absolute Gasteiger partial charge is 0.224 e. The summed E-state index contributed by atoms with van der Waals surface area (Å²) >= 11 is 0. The molecule has 0 aromatic heterocycles. The van der Waals surface area contributed by atoms with Crippen LogP contribution in [0.5, 0.6) is 5.75 Å². The minimum absolute atomic E-state index is 0.153. The molecule has 1 saturated heterocycles. The average molecular weight is 316 g/mol. The first-order valence-corrected chi connectivity index (χ1v) is 8.98. The van der Waals surface area contributed by atoms with Crippen molar-refractivity contribution < 1.29 is 19.2 Å². The van der Waals surface area contributed by atoms with Gasteiger partial charge in [0, 0.05) is 0 Å². The van der Waals surface area contributed by atoms with Crippen LogP contribution in [0, 0.1) is 23.7 Å². The Hall–Kier alpha value is -1.10. The number of hydrogen-bond donors (Lipinski definition) is 0. The second-order valence-electron chi connectivity index (χ2n) is 7.70. The predicted molar refractivity (Wildman–Crippen MR) is 83.6 cm³/mol. The fourth-order valence-electron chi connectivity index (χ4n) is 5.63. The third kappa shape index (κ3) is 2.23. The minimum Gasteiger partial charge on any atom is -0.491 e. The molecule has 0 N–H and O–H groups in total. The van der Waals surface area contributed by atoms with E-state index in [4.69, 9.17) is 19.2 Å². The maximum atomic E-state index is 6.01. The lowest BCUT2D eigenvalue weighted by Gasteiger charge is -2.64. The van der Waals surface area contributed by atoms with E-state index >= 15 is 0 Å². The lowest BCUT2D eigenvalue weighted by atomic mass is 9.49. The lowest BCUT2D eigenvalue weighted by molar-refractivity contribution is -0.590. The van der Waals surface area contributed by atoms with E-state index in [2.05, 4.69) is 0 Å². The van der Waals surface area contributed by atoms with Gasteiger partial charge in [0.05, 0.1) is 6.61 Å². The Morgan fingerprint density at radius 2 is 1.61 bits per heavy atom. The first-order valence-electron chi connectivity index (χ1n) is 8.98. The van der Waals surface area contributed by atoms with Crippen LogP contribution in [-0.4, -0.2) is 25.1 Å². The molecule has 1 unspecified atom stereocenters. The van der Waals surface area contributed by atoms with Crippen molar-refractivity contribution in [2.24, 2.45) is 23.7 Å². The summed E-state index contributed by atoms with van der Waals surface area (Å²) in [5, 5.41) is 0. The van der Waals surface area contributed by atoms with E-state index < -0.39 is 0 Å². The number of para-hydroxylation sites is 1. The van der Waals surface area contributed by atoms with Crippen molar-refractivity contribution in [2.75, 3.05) is 13.2 Å². The SMILES string of the molecule is c1ccc(OCCOC2OOC23C2CC4CC(C2)CC3C4)cc1. The van der Waals surface area contributed by atoms with Gasteiger partial charge in [-0.05, 0) is 67.9 Å². The van der Waals surface area contributed by atoms with E-state index in [1.165, 1.54) is 32.1 Å². The van der Waals surface area contributed by atoms with Crippen LogP contribution < -0.4 is 4.74 Å². The topological polar surface area (TPSA) is 36.9 Å². The van der Waals surface area contributed by atoms with Crippen LogP contribution in [0.15, 0.2) is 30.3 Å². The Morgan fingerprint density at radius 1 is 0.913 bits per heavy atom. The maximum Gasteiger partial charge on any atom is 0.224 e. The van der Waals surface area contributed by atoms with Crippen molar-refractivity contribution in [1.82, 2.24) is 0 Å². The summed E-state index contributed by atoms with van der Waals surface area (Å²) in [5.74, 6) is 4.00. The molecule has 1 aromatic rings. The van der Waals surface area contributed by atoms with Crippen LogP contribution >= 0.6 is 0 Å². The van der Waals surface area contributed by atoms with Crippen LogP contribution in [0.25, 0.3) is 0 Å². The summed E-state index contributed by atoms with van der Waals surface area (Å²) in [6, 6.07) is 9.86. The van der Waals surface area contributed by atoms with Crippen LogP contribution in [0.2, 0.25) is 0 Å². The fourth-order valence-corrected chi connectivity index (χ4v) is 5.63. The molecule has 5 aliphatic rings. The number of hydrogen-bond acceptors (Lipinski definition) is 4. The lowest BCUT2D eigenvalue weighted by Crippen LogP contribution is -2.71. The number of rotatable bonds is 5. The molecule has 23 heavy (non-hydrogen) atoms. The molecule has 1 spiro atoms. The summed E-state index contributed by atoms with van der Waals surface area (Å²) in [5.41, 5.74) is -0.153. The highest BCUT2D eigenvalue weighted by Gasteiger charge is 2.68. The first kappa shape index (κ1) is 14.3.